The molecule has 4 rings (SSSR count). The van der Waals surface area contributed by atoms with E-state index in [4.69, 9.17) is 4.84 Å². The highest BCUT2D eigenvalue weighted by Gasteiger charge is 2.59. The molecule has 4 aliphatic carbocycles. The third kappa shape index (κ3) is 3.98. The van der Waals surface area contributed by atoms with Crippen molar-refractivity contribution in [3.63, 3.8) is 0 Å². The zero-order valence-corrected chi connectivity index (χ0v) is 21.4. The molecule has 0 saturated heterocycles. The molecule has 0 aromatic rings. The van der Waals surface area contributed by atoms with Gasteiger partial charge in [-0.15, -0.1) is 0 Å². The minimum absolute atomic E-state index is 0.0815. The molecule has 1 amide bonds. The SMILES string of the molecule is CON(C(=O)CCC(C)[C@H]1CC[C@H]2[C@@H]3CC=C4C[C@@H](O)CC[C@]4(C)[C@H]3CC[C@]12C)C(C)C. The summed E-state index contributed by atoms with van der Waals surface area (Å²) in [7, 11) is 1.60. The summed E-state index contributed by atoms with van der Waals surface area (Å²) < 4.78 is 0. The Kier molecular flexibility index (Phi) is 6.87. The number of rotatable bonds is 6. The van der Waals surface area contributed by atoms with Crippen molar-refractivity contribution in [2.24, 2.45) is 40.4 Å². The van der Waals surface area contributed by atoms with Gasteiger partial charge in [-0.05, 0) is 112 Å². The van der Waals surface area contributed by atoms with E-state index in [1.54, 1.807) is 12.7 Å². The topological polar surface area (TPSA) is 49.8 Å². The fraction of sp³-hybridized carbons (Fsp3) is 0.893. The molecule has 8 atom stereocenters. The number of nitrogens with zero attached hydrogens (tertiary/aromatic N) is 1. The molecule has 1 unspecified atom stereocenters. The van der Waals surface area contributed by atoms with Crippen LogP contribution in [0, 0.1) is 40.4 Å². The molecule has 4 aliphatic rings. The predicted molar refractivity (Wildman–Crippen MR) is 129 cm³/mol. The zero-order chi connectivity index (χ0) is 23.3. The van der Waals surface area contributed by atoms with E-state index in [1.807, 2.05) is 13.8 Å². The van der Waals surface area contributed by atoms with E-state index in [2.05, 4.69) is 26.8 Å². The van der Waals surface area contributed by atoms with E-state index in [1.165, 1.54) is 43.6 Å². The number of aliphatic hydroxyl groups is 1. The summed E-state index contributed by atoms with van der Waals surface area (Å²) in [6.07, 6.45) is 13.6. The Hall–Kier alpha value is -0.870. The Morgan fingerprint density at radius 3 is 2.59 bits per heavy atom. The van der Waals surface area contributed by atoms with Gasteiger partial charge in [-0.2, -0.15) is 0 Å². The van der Waals surface area contributed by atoms with Crippen LogP contribution in [0.3, 0.4) is 0 Å². The smallest absolute Gasteiger partial charge is 0.246 e. The van der Waals surface area contributed by atoms with Crippen LogP contribution in [-0.2, 0) is 9.63 Å². The molecular formula is C28H47NO3. The second-order valence-corrected chi connectivity index (χ2v) is 12.4. The molecule has 32 heavy (non-hydrogen) atoms. The summed E-state index contributed by atoms with van der Waals surface area (Å²) in [4.78, 5) is 18.0. The molecule has 3 fully saturated rings. The van der Waals surface area contributed by atoms with Gasteiger partial charge in [-0.3, -0.25) is 9.63 Å². The third-order valence-corrected chi connectivity index (χ3v) is 10.6. The number of fused-ring (bicyclic) bond motifs is 5. The van der Waals surface area contributed by atoms with Crippen molar-refractivity contribution >= 4 is 5.91 Å². The van der Waals surface area contributed by atoms with Crippen LogP contribution >= 0.6 is 0 Å². The normalized spacial score (nSPS) is 42.0. The summed E-state index contributed by atoms with van der Waals surface area (Å²) in [6, 6.07) is 0.0815. The largest absolute Gasteiger partial charge is 0.393 e. The van der Waals surface area contributed by atoms with Gasteiger partial charge in [0.15, 0.2) is 0 Å². The lowest BCUT2D eigenvalue weighted by molar-refractivity contribution is -0.185. The maximum atomic E-state index is 12.7. The summed E-state index contributed by atoms with van der Waals surface area (Å²) in [6.45, 7) is 11.5. The first-order valence-corrected chi connectivity index (χ1v) is 13.4. The van der Waals surface area contributed by atoms with Crippen molar-refractivity contribution in [1.29, 1.82) is 0 Å². The van der Waals surface area contributed by atoms with Crippen LogP contribution in [-0.4, -0.2) is 35.3 Å². The lowest BCUT2D eigenvalue weighted by atomic mass is 9.47. The molecule has 0 radical (unpaired) electrons. The summed E-state index contributed by atoms with van der Waals surface area (Å²) in [5, 5.41) is 11.8. The van der Waals surface area contributed by atoms with E-state index in [9.17, 15) is 9.90 Å². The van der Waals surface area contributed by atoms with Gasteiger partial charge >= 0.3 is 0 Å². The predicted octanol–water partition coefficient (Wildman–Crippen LogP) is 6.14. The Labute approximate surface area is 196 Å². The number of carbonyl (C=O) groups is 1. The lowest BCUT2D eigenvalue weighted by Crippen LogP contribution is -2.50. The average Bonchev–Trinajstić information content (AvgIpc) is 3.10. The van der Waals surface area contributed by atoms with Crippen LogP contribution in [0.1, 0.15) is 98.8 Å². The van der Waals surface area contributed by atoms with E-state index >= 15 is 0 Å². The second-order valence-electron chi connectivity index (χ2n) is 12.4. The van der Waals surface area contributed by atoms with Gasteiger partial charge in [0.05, 0.1) is 19.3 Å². The Balaban J connectivity index is 1.44. The van der Waals surface area contributed by atoms with E-state index < -0.39 is 0 Å². The molecular weight excluding hydrogens is 398 g/mol. The third-order valence-electron chi connectivity index (χ3n) is 10.6. The molecule has 4 heteroatoms. The number of allylic oxidation sites excluding steroid dienone is 1. The summed E-state index contributed by atoms with van der Waals surface area (Å²) in [5.41, 5.74) is 2.30. The van der Waals surface area contributed by atoms with Crippen molar-refractivity contribution in [2.75, 3.05) is 7.11 Å². The van der Waals surface area contributed by atoms with Crippen molar-refractivity contribution in [3.05, 3.63) is 11.6 Å². The summed E-state index contributed by atoms with van der Waals surface area (Å²) >= 11 is 0. The molecule has 1 N–H and O–H groups in total. The van der Waals surface area contributed by atoms with Crippen LogP contribution in [0.15, 0.2) is 11.6 Å². The molecule has 3 saturated carbocycles. The van der Waals surface area contributed by atoms with Gasteiger partial charge in [-0.25, -0.2) is 5.06 Å². The van der Waals surface area contributed by atoms with Crippen LogP contribution < -0.4 is 0 Å². The number of hydroxylamine groups is 2. The van der Waals surface area contributed by atoms with Crippen molar-refractivity contribution in [1.82, 2.24) is 5.06 Å². The fourth-order valence-corrected chi connectivity index (χ4v) is 8.88. The van der Waals surface area contributed by atoms with Gasteiger partial charge in [0.1, 0.15) is 0 Å². The highest BCUT2D eigenvalue weighted by Crippen LogP contribution is 2.67. The molecule has 0 aliphatic heterocycles. The van der Waals surface area contributed by atoms with Crippen molar-refractivity contribution in [2.45, 2.75) is 111 Å². The average molecular weight is 446 g/mol. The number of amides is 1. The van der Waals surface area contributed by atoms with Gasteiger partial charge in [-0.1, -0.05) is 32.4 Å². The van der Waals surface area contributed by atoms with Gasteiger partial charge in [0, 0.05) is 6.42 Å². The van der Waals surface area contributed by atoms with Crippen molar-refractivity contribution in [3.8, 4) is 0 Å². The Morgan fingerprint density at radius 2 is 1.91 bits per heavy atom. The first-order chi connectivity index (χ1) is 15.1. The maximum Gasteiger partial charge on any atom is 0.246 e. The van der Waals surface area contributed by atoms with Gasteiger partial charge in [0.2, 0.25) is 5.91 Å². The second kappa shape index (κ2) is 9.06. The lowest BCUT2D eigenvalue weighted by Gasteiger charge is -2.58. The first-order valence-electron chi connectivity index (χ1n) is 13.4. The number of carbonyl (C=O) groups excluding carboxylic acids is 1. The molecule has 182 valence electrons. The molecule has 0 aromatic carbocycles. The Morgan fingerprint density at radius 1 is 1.16 bits per heavy atom. The minimum Gasteiger partial charge on any atom is -0.393 e. The molecule has 0 spiro atoms. The van der Waals surface area contributed by atoms with Crippen LogP contribution in [0.4, 0.5) is 0 Å². The Bertz CT molecular complexity index is 732. The molecule has 4 nitrogen and oxygen atoms in total. The molecule has 0 heterocycles. The van der Waals surface area contributed by atoms with Crippen LogP contribution in [0.2, 0.25) is 0 Å². The summed E-state index contributed by atoms with van der Waals surface area (Å²) in [5.74, 6) is 3.84. The number of hydrogen-bond acceptors (Lipinski definition) is 3. The van der Waals surface area contributed by atoms with E-state index in [-0.39, 0.29) is 18.1 Å². The molecule has 0 bridgehead atoms. The van der Waals surface area contributed by atoms with E-state index in [0.29, 0.717) is 23.2 Å². The highest BCUT2D eigenvalue weighted by atomic mass is 16.7. The number of hydrogen-bond donors (Lipinski definition) is 1. The monoisotopic (exact) mass is 445 g/mol. The van der Waals surface area contributed by atoms with Crippen LogP contribution in [0.25, 0.3) is 0 Å². The highest BCUT2D eigenvalue weighted by molar-refractivity contribution is 5.75. The number of aliphatic hydroxyl groups excluding tert-OH is 1. The van der Waals surface area contributed by atoms with Gasteiger partial charge < -0.3 is 5.11 Å². The zero-order valence-electron chi connectivity index (χ0n) is 21.4. The maximum absolute atomic E-state index is 12.7. The first kappa shape index (κ1) is 24.3. The molecule has 0 aromatic heterocycles. The minimum atomic E-state index is -0.121. The van der Waals surface area contributed by atoms with Gasteiger partial charge in [0.25, 0.3) is 0 Å². The fourth-order valence-electron chi connectivity index (χ4n) is 8.88. The van der Waals surface area contributed by atoms with Crippen LogP contribution in [0.5, 0.6) is 0 Å². The van der Waals surface area contributed by atoms with E-state index in [0.717, 1.165) is 42.9 Å². The standard InChI is InChI=1S/C28H47NO3/c1-18(2)29(32-6)26(31)12-7-19(3)23-10-11-24-22-9-8-20-17-21(30)13-15-27(20,4)25(22)14-16-28(23,24)5/h8,18-19,21-25,30H,7,9-17H2,1-6H3/t19?,21-,22-,23+,24-,25-,27-,28+/m0/s1. The van der Waals surface area contributed by atoms with Crippen molar-refractivity contribution < 1.29 is 14.7 Å². The quantitative estimate of drug-likeness (QED) is 0.394.